The number of nitrogens with one attached hydrogen (secondary N) is 1. The molecule has 0 radical (unpaired) electrons. The van der Waals surface area contributed by atoms with Gasteiger partial charge in [-0.3, -0.25) is 0 Å². The van der Waals surface area contributed by atoms with Crippen LogP contribution >= 0.6 is 15.9 Å². The molecule has 1 heterocycles. The van der Waals surface area contributed by atoms with Crippen LogP contribution in [0, 0.1) is 6.92 Å². The number of aliphatic hydroxyl groups is 1. The summed E-state index contributed by atoms with van der Waals surface area (Å²) >= 11 is 3.30. The number of anilines is 1. The molecule has 1 atom stereocenters. The largest absolute Gasteiger partial charge is 0.396 e. The monoisotopic (exact) mass is 259 g/mol. The highest BCUT2D eigenvalue weighted by Gasteiger charge is 2.03. The first kappa shape index (κ1) is 11.4. The Morgan fingerprint density at radius 3 is 2.86 bits per heavy atom. The van der Waals surface area contributed by atoms with E-state index in [1.165, 1.54) is 0 Å². The maximum atomic E-state index is 8.74. The van der Waals surface area contributed by atoms with Crippen molar-refractivity contribution in [2.75, 3.05) is 11.9 Å². The SMILES string of the molecule is Cc1nc(Br)cc(NC(C)CCO)n1. The van der Waals surface area contributed by atoms with Crippen molar-refractivity contribution < 1.29 is 5.11 Å². The molecule has 0 saturated heterocycles. The number of aromatic nitrogens is 2. The molecule has 0 aliphatic heterocycles. The van der Waals surface area contributed by atoms with Gasteiger partial charge in [0, 0.05) is 18.7 Å². The van der Waals surface area contributed by atoms with E-state index in [-0.39, 0.29) is 12.6 Å². The lowest BCUT2D eigenvalue weighted by molar-refractivity contribution is 0.282. The highest BCUT2D eigenvalue weighted by Crippen LogP contribution is 2.13. The Balaban J connectivity index is 2.66. The second-order valence-corrected chi connectivity index (χ2v) is 3.99. The maximum Gasteiger partial charge on any atom is 0.131 e. The van der Waals surface area contributed by atoms with E-state index in [2.05, 4.69) is 31.2 Å². The Morgan fingerprint density at radius 1 is 1.57 bits per heavy atom. The normalized spacial score (nSPS) is 12.6. The summed E-state index contributed by atoms with van der Waals surface area (Å²) in [6.45, 7) is 4.02. The Labute approximate surface area is 91.9 Å². The zero-order chi connectivity index (χ0) is 10.6. The molecule has 0 aliphatic carbocycles. The summed E-state index contributed by atoms with van der Waals surface area (Å²) in [5.41, 5.74) is 0. The summed E-state index contributed by atoms with van der Waals surface area (Å²) in [7, 11) is 0. The van der Waals surface area contributed by atoms with E-state index in [1.807, 2.05) is 19.9 Å². The highest BCUT2D eigenvalue weighted by atomic mass is 79.9. The summed E-state index contributed by atoms with van der Waals surface area (Å²) in [5.74, 6) is 1.50. The van der Waals surface area contributed by atoms with E-state index in [0.29, 0.717) is 6.42 Å². The van der Waals surface area contributed by atoms with Gasteiger partial charge in [0.1, 0.15) is 16.2 Å². The summed E-state index contributed by atoms with van der Waals surface area (Å²) in [5, 5.41) is 11.9. The molecular formula is C9H14BrN3O. The molecule has 0 spiro atoms. The maximum absolute atomic E-state index is 8.74. The molecule has 0 amide bonds. The van der Waals surface area contributed by atoms with Crippen LogP contribution in [0.5, 0.6) is 0 Å². The fourth-order valence-electron chi connectivity index (χ4n) is 1.12. The van der Waals surface area contributed by atoms with E-state index < -0.39 is 0 Å². The molecule has 0 fully saturated rings. The third-order valence-electron chi connectivity index (χ3n) is 1.76. The van der Waals surface area contributed by atoms with Gasteiger partial charge >= 0.3 is 0 Å². The van der Waals surface area contributed by atoms with Gasteiger partial charge in [-0.25, -0.2) is 9.97 Å². The summed E-state index contributed by atoms with van der Waals surface area (Å²) < 4.78 is 0.767. The predicted octanol–water partition coefficient (Wildman–Crippen LogP) is 1.73. The Kier molecular flexibility index (Phi) is 4.28. The van der Waals surface area contributed by atoms with Crippen molar-refractivity contribution in [3.63, 3.8) is 0 Å². The van der Waals surface area contributed by atoms with E-state index in [0.717, 1.165) is 16.2 Å². The second-order valence-electron chi connectivity index (χ2n) is 3.18. The van der Waals surface area contributed by atoms with Gasteiger partial charge in [0.25, 0.3) is 0 Å². The lowest BCUT2D eigenvalue weighted by Gasteiger charge is -2.13. The van der Waals surface area contributed by atoms with Crippen LogP contribution in [-0.4, -0.2) is 27.7 Å². The average molecular weight is 260 g/mol. The Hall–Kier alpha value is -0.680. The number of rotatable bonds is 4. The van der Waals surface area contributed by atoms with Crippen LogP contribution in [0.15, 0.2) is 10.7 Å². The van der Waals surface area contributed by atoms with E-state index >= 15 is 0 Å². The highest BCUT2D eigenvalue weighted by molar-refractivity contribution is 9.10. The predicted molar refractivity (Wildman–Crippen MR) is 59.3 cm³/mol. The number of aryl methyl sites for hydroxylation is 1. The summed E-state index contributed by atoms with van der Waals surface area (Å²) in [6, 6.07) is 2.03. The molecule has 1 unspecified atom stereocenters. The van der Waals surface area contributed by atoms with Crippen molar-refractivity contribution in [3.8, 4) is 0 Å². The van der Waals surface area contributed by atoms with Crippen LogP contribution in [0.1, 0.15) is 19.2 Å². The number of halogens is 1. The molecule has 14 heavy (non-hydrogen) atoms. The molecular weight excluding hydrogens is 246 g/mol. The van der Waals surface area contributed by atoms with E-state index in [4.69, 9.17) is 5.11 Å². The smallest absolute Gasteiger partial charge is 0.131 e. The van der Waals surface area contributed by atoms with Crippen LogP contribution in [0.25, 0.3) is 0 Å². The first-order chi connectivity index (χ1) is 6.61. The number of hydrogen-bond acceptors (Lipinski definition) is 4. The van der Waals surface area contributed by atoms with Crippen molar-refractivity contribution in [1.82, 2.24) is 9.97 Å². The first-order valence-corrected chi connectivity index (χ1v) is 5.29. The molecule has 0 saturated carbocycles. The third-order valence-corrected chi connectivity index (χ3v) is 2.17. The van der Waals surface area contributed by atoms with Crippen molar-refractivity contribution >= 4 is 21.7 Å². The lowest BCUT2D eigenvalue weighted by atomic mass is 10.2. The zero-order valence-corrected chi connectivity index (χ0v) is 9.87. The molecule has 0 aliphatic rings. The van der Waals surface area contributed by atoms with Crippen LogP contribution < -0.4 is 5.32 Å². The Bertz CT molecular complexity index is 286. The summed E-state index contributed by atoms with van der Waals surface area (Å²) in [6.07, 6.45) is 0.709. The quantitative estimate of drug-likeness (QED) is 0.809. The van der Waals surface area contributed by atoms with Crippen molar-refractivity contribution in [1.29, 1.82) is 0 Å². The average Bonchev–Trinajstić information content (AvgIpc) is 2.01. The number of aliphatic hydroxyl groups excluding tert-OH is 1. The third kappa shape index (κ3) is 3.59. The van der Waals surface area contributed by atoms with Gasteiger partial charge in [-0.1, -0.05) is 0 Å². The van der Waals surface area contributed by atoms with Crippen LogP contribution in [0.4, 0.5) is 5.82 Å². The van der Waals surface area contributed by atoms with Gasteiger partial charge in [0.15, 0.2) is 0 Å². The van der Waals surface area contributed by atoms with Crippen LogP contribution in [0.3, 0.4) is 0 Å². The minimum atomic E-state index is 0.180. The van der Waals surface area contributed by atoms with Crippen molar-refractivity contribution in [2.45, 2.75) is 26.3 Å². The van der Waals surface area contributed by atoms with Gasteiger partial charge in [-0.2, -0.15) is 0 Å². The molecule has 0 aromatic carbocycles. The molecule has 1 rings (SSSR count). The molecule has 78 valence electrons. The molecule has 0 bridgehead atoms. The molecule has 4 nitrogen and oxygen atoms in total. The molecule has 1 aromatic heterocycles. The summed E-state index contributed by atoms with van der Waals surface area (Å²) in [4.78, 5) is 8.33. The Morgan fingerprint density at radius 2 is 2.29 bits per heavy atom. The van der Waals surface area contributed by atoms with Crippen LogP contribution in [-0.2, 0) is 0 Å². The van der Waals surface area contributed by atoms with Gasteiger partial charge in [-0.15, -0.1) is 0 Å². The van der Waals surface area contributed by atoms with Crippen molar-refractivity contribution in [2.24, 2.45) is 0 Å². The standard InChI is InChI=1S/C9H14BrN3O/c1-6(3-4-14)11-9-5-8(10)12-7(2)13-9/h5-6,14H,3-4H2,1-2H3,(H,11,12,13). The topological polar surface area (TPSA) is 58.0 Å². The van der Waals surface area contributed by atoms with E-state index in [9.17, 15) is 0 Å². The van der Waals surface area contributed by atoms with Gasteiger partial charge in [0.2, 0.25) is 0 Å². The fraction of sp³-hybridized carbons (Fsp3) is 0.556. The first-order valence-electron chi connectivity index (χ1n) is 4.50. The number of nitrogens with zero attached hydrogens (tertiary/aromatic N) is 2. The molecule has 5 heteroatoms. The second kappa shape index (κ2) is 5.26. The van der Waals surface area contributed by atoms with Crippen LogP contribution in [0.2, 0.25) is 0 Å². The van der Waals surface area contributed by atoms with E-state index in [1.54, 1.807) is 0 Å². The zero-order valence-electron chi connectivity index (χ0n) is 8.29. The van der Waals surface area contributed by atoms with Crippen molar-refractivity contribution in [3.05, 3.63) is 16.5 Å². The fourth-order valence-corrected chi connectivity index (χ4v) is 1.60. The lowest BCUT2D eigenvalue weighted by Crippen LogP contribution is -2.17. The molecule has 2 N–H and O–H groups in total. The number of hydrogen-bond donors (Lipinski definition) is 2. The van der Waals surface area contributed by atoms with Gasteiger partial charge in [0.05, 0.1) is 0 Å². The minimum Gasteiger partial charge on any atom is -0.396 e. The van der Waals surface area contributed by atoms with Gasteiger partial charge in [-0.05, 0) is 36.2 Å². The molecule has 1 aromatic rings. The minimum absolute atomic E-state index is 0.180. The van der Waals surface area contributed by atoms with Gasteiger partial charge < -0.3 is 10.4 Å².